The quantitative estimate of drug-likeness (QED) is 0.826. The average Bonchev–Trinajstić information content (AvgIpc) is 2.67. The number of halogens is 2. The van der Waals surface area contributed by atoms with Gasteiger partial charge < -0.3 is 14.8 Å². The summed E-state index contributed by atoms with van der Waals surface area (Å²) in [5.41, 5.74) is 1.88. The molecular formula is C18H15ClFNO4. The number of amides is 1. The third-order valence-electron chi connectivity index (χ3n) is 3.89. The van der Waals surface area contributed by atoms with E-state index >= 15 is 0 Å². The Morgan fingerprint density at radius 2 is 2.04 bits per heavy atom. The summed E-state index contributed by atoms with van der Waals surface area (Å²) in [5.74, 6) is -1.70. The Kier molecular flexibility index (Phi) is 4.74. The zero-order chi connectivity index (χ0) is 18.1. The van der Waals surface area contributed by atoms with E-state index in [0.29, 0.717) is 27.4 Å². The molecule has 2 aromatic rings. The molecule has 0 aliphatic carbocycles. The van der Waals surface area contributed by atoms with Crippen molar-refractivity contribution in [3.63, 3.8) is 0 Å². The summed E-state index contributed by atoms with van der Waals surface area (Å²) in [4.78, 5) is 23.6. The van der Waals surface area contributed by atoms with E-state index in [0.717, 1.165) is 0 Å². The summed E-state index contributed by atoms with van der Waals surface area (Å²) in [7, 11) is 0. The SMILES string of the molecule is CC(=O)O[C@@H]1O[C@@H](c2cccc(F)c2C)c2cc(Cl)ccc2NC1=O. The van der Waals surface area contributed by atoms with Crippen molar-refractivity contribution in [3.8, 4) is 0 Å². The van der Waals surface area contributed by atoms with Crippen molar-refractivity contribution < 1.29 is 23.5 Å². The predicted molar refractivity (Wildman–Crippen MR) is 89.7 cm³/mol. The normalized spacial score (nSPS) is 19.6. The number of rotatable bonds is 2. The Bertz CT molecular complexity index is 855. The first-order valence-corrected chi connectivity index (χ1v) is 7.92. The lowest BCUT2D eigenvalue weighted by atomic mass is 9.96. The van der Waals surface area contributed by atoms with Crippen molar-refractivity contribution in [2.45, 2.75) is 26.2 Å². The maximum absolute atomic E-state index is 14.0. The van der Waals surface area contributed by atoms with Gasteiger partial charge in [0.1, 0.15) is 11.9 Å². The zero-order valence-electron chi connectivity index (χ0n) is 13.5. The number of ether oxygens (including phenoxy) is 2. The number of hydrogen-bond acceptors (Lipinski definition) is 4. The van der Waals surface area contributed by atoms with E-state index in [2.05, 4.69) is 5.32 Å². The molecule has 0 bridgehead atoms. The zero-order valence-corrected chi connectivity index (χ0v) is 14.3. The number of esters is 1. The average molecular weight is 364 g/mol. The molecule has 25 heavy (non-hydrogen) atoms. The fourth-order valence-corrected chi connectivity index (χ4v) is 2.88. The van der Waals surface area contributed by atoms with Gasteiger partial charge in [0.25, 0.3) is 12.2 Å². The molecule has 1 aliphatic heterocycles. The maximum atomic E-state index is 14.0. The van der Waals surface area contributed by atoms with Crippen molar-refractivity contribution in [1.82, 2.24) is 0 Å². The van der Waals surface area contributed by atoms with Crippen molar-refractivity contribution in [3.05, 3.63) is 63.9 Å². The number of nitrogens with one attached hydrogen (secondary N) is 1. The number of anilines is 1. The summed E-state index contributed by atoms with van der Waals surface area (Å²) in [6.07, 6.45) is -2.30. The largest absolute Gasteiger partial charge is 0.426 e. The lowest BCUT2D eigenvalue weighted by Crippen LogP contribution is -2.33. The van der Waals surface area contributed by atoms with E-state index in [4.69, 9.17) is 21.1 Å². The van der Waals surface area contributed by atoms with Gasteiger partial charge in [-0.1, -0.05) is 23.7 Å². The monoisotopic (exact) mass is 363 g/mol. The second kappa shape index (κ2) is 6.82. The summed E-state index contributed by atoms with van der Waals surface area (Å²) in [6, 6.07) is 9.43. The van der Waals surface area contributed by atoms with Gasteiger partial charge in [-0.15, -0.1) is 0 Å². The minimum absolute atomic E-state index is 0.370. The molecular weight excluding hydrogens is 349 g/mol. The van der Waals surface area contributed by atoms with Crippen LogP contribution >= 0.6 is 11.6 Å². The second-order valence-electron chi connectivity index (χ2n) is 5.63. The van der Waals surface area contributed by atoms with Crippen LogP contribution in [0.2, 0.25) is 5.02 Å². The smallest absolute Gasteiger partial charge is 0.305 e. The van der Waals surface area contributed by atoms with E-state index < -0.39 is 30.1 Å². The van der Waals surface area contributed by atoms with E-state index in [1.54, 1.807) is 37.3 Å². The van der Waals surface area contributed by atoms with Gasteiger partial charge in [0.15, 0.2) is 0 Å². The van der Waals surface area contributed by atoms with Gasteiger partial charge in [-0.3, -0.25) is 9.59 Å². The fourth-order valence-electron chi connectivity index (χ4n) is 2.70. The van der Waals surface area contributed by atoms with Crippen molar-refractivity contribution in [2.24, 2.45) is 0 Å². The molecule has 0 saturated heterocycles. The van der Waals surface area contributed by atoms with Gasteiger partial charge in [-0.2, -0.15) is 0 Å². The van der Waals surface area contributed by atoms with Crippen LogP contribution in [0.4, 0.5) is 10.1 Å². The molecule has 1 N–H and O–H groups in total. The fraction of sp³-hybridized carbons (Fsp3) is 0.222. The molecule has 130 valence electrons. The third kappa shape index (κ3) is 3.50. The van der Waals surface area contributed by atoms with Gasteiger partial charge in [0, 0.05) is 23.2 Å². The van der Waals surface area contributed by atoms with Crippen LogP contribution < -0.4 is 5.32 Å². The third-order valence-corrected chi connectivity index (χ3v) is 4.13. The van der Waals surface area contributed by atoms with Crippen molar-refractivity contribution >= 4 is 29.2 Å². The molecule has 1 amide bonds. The summed E-state index contributed by atoms with van der Waals surface area (Å²) in [6.45, 7) is 2.78. The van der Waals surface area contributed by atoms with Crippen molar-refractivity contribution in [2.75, 3.05) is 5.32 Å². The first kappa shape index (κ1) is 17.4. The molecule has 2 atom stereocenters. The van der Waals surface area contributed by atoms with E-state index in [9.17, 15) is 14.0 Å². The predicted octanol–water partition coefficient (Wildman–Crippen LogP) is 3.73. The van der Waals surface area contributed by atoms with Gasteiger partial charge >= 0.3 is 5.97 Å². The first-order chi connectivity index (χ1) is 11.9. The number of hydrogen-bond donors (Lipinski definition) is 1. The Labute approximate surface area is 148 Å². The molecule has 0 fully saturated rings. The molecule has 0 spiro atoms. The molecule has 0 saturated carbocycles. The molecule has 7 heteroatoms. The summed E-state index contributed by atoms with van der Waals surface area (Å²) < 4.78 is 24.7. The second-order valence-corrected chi connectivity index (χ2v) is 6.07. The van der Waals surface area contributed by atoms with Crippen LogP contribution in [0.3, 0.4) is 0 Å². The highest BCUT2D eigenvalue weighted by molar-refractivity contribution is 6.30. The molecule has 5 nitrogen and oxygen atoms in total. The highest BCUT2D eigenvalue weighted by atomic mass is 35.5. The maximum Gasteiger partial charge on any atom is 0.305 e. The lowest BCUT2D eigenvalue weighted by molar-refractivity contribution is -0.187. The van der Waals surface area contributed by atoms with Gasteiger partial charge in [-0.25, -0.2) is 4.39 Å². The Hall–Kier alpha value is -2.44. The Balaban J connectivity index is 2.15. The van der Waals surface area contributed by atoms with E-state index in [1.165, 1.54) is 13.0 Å². The summed E-state index contributed by atoms with van der Waals surface area (Å²) >= 11 is 6.08. The van der Waals surface area contributed by atoms with E-state index in [-0.39, 0.29) is 0 Å². The number of benzene rings is 2. The first-order valence-electron chi connectivity index (χ1n) is 7.55. The molecule has 1 aliphatic rings. The van der Waals surface area contributed by atoms with Gasteiger partial charge in [-0.05, 0) is 42.3 Å². The van der Waals surface area contributed by atoms with E-state index in [1.807, 2.05) is 0 Å². The molecule has 2 aromatic carbocycles. The highest BCUT2D eigenvalue weighted by Gasteiger charge is 2.34. The van der Waals surface area contributed by atoms with Gasteiger partial charge in [0.05, 0.1) is 0 Å². The lowest BCUT2D eigenvalue weighted by Gasteiger charge is -2.23. The molecule has 0 radical (unpaired) electrons. The molecule has 1 heterocycles. The molecule has 0 unspecified atom stereocenters. The van der Waals surface area contributed by atoms with Crippen LogP contribution in [0, 0.1) is 12.7 Å². The highest BCUT2D eigenvalue weighted by Crippen LogP contribution is 2.38. The minimum atomic E-state index is -1.46. The topological polar surface area (TPSA) is 64.6 Å². The molecule has 0 aromatic heterocycles. The van der Waals surface area contributed by atoms with Crippen LogP contribution in [-0.4, -0.2) is 18.2 Å². The Morgan fingerprint density at radius 3 is 2.76 bits per heavy atom. The minimum Gasteiger partial charge on any atom is -0.426 e. The van der Waals surface area contributed by atoms with Gasteiger partial charge in [0.2, 0.25) is 0 Å². The van der Waals surface area contributed by atoms with Crippen LogP contribution in [-0.2, 0) is 19.1 Å². The molecule has 3 rings (SSSR count). The van der Waals surface area contributed by atoms with Crippen LogP contribution in [0.25, 0.3) is 0 Å². The Morgan fingerprint density at radius 1 is 1.28 bits per heavy atom. The van der Waals surface area contributed by atoms with Crippen LogP contribution in [0.5, 0.6) is 0 Å². The summed E-state index contributed by atoms with van der Waals surface area (Å²) in [5, 5.41) is 3.08. The number of fused-ring (bicyclic) bond motifs is 1. The van der Waals surface area contributed by atoms with Crippen molar-refractivity contribution in [1.29, 1.82) is 0 Å². The van der Waals surface area contributed by atoms with Crippen LogP contribution in [0.15, 0.2) is 36.4 Å². The number of carbonyl (C=O) groups excluding carboxylic acids is 2. The number of carbonyl (C=O) groups is 2. The standard InChI is InChI=1S/C18H15ClFNO4/c1-9-12(4-3-5-14(9)20)16-13-8-11(19)6-7-15(13)21-17(23)18(25-16)24-10(2)22/h3-8,16,18H,1-2H3,(H,21,23)/t16-,18+/m0/s1. The van der Waals surface area contributed by atoms with Crippen LogP contribution in [0.1, 0.15) is 29.7 Å².